The van der Waals surface area contributed by atoms with Crippen LogP contribution in [0.25, 0.3) is 0 Å². The van der Waals surface area contributed by atoms with Crippen molar-refractivity contribution in [2.45, 2.75) is 38.5 Å². The summed E-state index contributed by atoms with van der Waals surface area (Å²) in [4.78, 5) is 11.9. The fraction of sp³-hybridized carbons (Fsp3) is 0.500. The Labute approximate surface area is 116 Å². The molecule has 1 unspecified atom stereocenters. The molecule has 0 radical (unpaired) electrons. The molecule has 0 saturated carbocycles. The number of halogens is 2. The zero-order valence-corrected chi connectivity index (χ0v) is 11.1. The Morgan fingerprint density at radius 2 is 2.10 bits per heavy atom. The quantitative estimate of drug-likeness (QED) is 0.870. The lowest BCUT2D eigenvalue weighted by atomic mass is 10.0. The highest BCUT2D eigenvalue weighted by Crippen LogP contribution is 2.15. The molecule has 0 aromatic heterocycles. The Balaban J connectivity index is 1.79. The molecule has 1 aliphatic rings. The molecule has 1 amide bonds. The molecule has 1 aliphatic heterocycles. The van der Waals surface area contributed by atoms with Gasteiger partial charge in [0.1, 0.15) is 5.75 Å². The van der Waals surface area contributed by atoms with Crippen molar-refractivity contribution < 1.29 is 18.3 Å². The van der Waals surface area contributed by atoms with Crippen LogP contribution in [0.4, 0.5) is 8.78 Å². The van der Waals surface area contributed by atoms with E-state index < -0.39 is 6.61 Å². The van der Waals surface area contributed by atoms with Crippen LogP contribution in [0.15, 0.2) is 24.3 Å². The summed E-state index contributed by atoms with van der Waals surface area (Å²) in [6.45, 7) is -1.57. The lowest BCUT2D eigenvalue weighted by molar-refractivity contribution is -0.123. The highest BCUT2D eigenvalue weighted by Gasteiger charge is 2.19. The van der Waals surface area contributed by atoms with Gasteiger partial charge < -0.3 is 15.4 Å². The summed E-state index contributed by atoms with van der Waals surface area (Å²) in [5.41, 5.74) is 0.843. The summed E-state index contributed by atoms with van der Waals surface area (Å²) < 4.78 is 28.2. The van der Waals surface area contributed by atoms with Crippen molar-refractivity contribution in [1.29, 1.82) is 0 Å². The molecule has 4 nitrogen and oxygen atoms in total. The predicted molar refractivity (Wildman–Crippen MR) is 70.6 cm³/mol. The maximum absolute atomic E-state index is 12.0. The average Bonchev–Trinajstić information content (AvgIpc) is 2.46. The molecule has 1 atom stereocenters. The van der Waals surface area contributed by atoms with Crippen LogP contribution in [0.1, 0.15) is 24.8 Å². The maximum Gasteiger partial charge on any atom is 0.387 e. The number of carbonyl (C=O) groups excluding carboxylic acids is 1. The Morgan fingerprint density at radius 1 is 1.35 bits per heavy atom. The third-order valence-electron chi connectivity index (χ3n) is 3.24. The first-order valence-corrected chi connectivity index (χ1v) is 6.70. The standard InChI is InChI=1S/C14H18F2N2O2/c15-14(16)20-11-6-4-10(5-7-11)9-18-13(19)12-3-1-2-8-17-12/h4-7,12,14,17H,1-3,8-9H2,(H,18,19). The number of rotatable bonds is 5. The first-order valence-electron chi connectivity index (χ1n) is 6.70. The van der Waals surface area contributed by atoms with Crippen LogP contribution in [0.2, 0.25) is 0 Å². The van der Waals surface area contributed by atoms with E-state index in [-0.39, 0.29) is 17.7 Å². The van der Waals surface area contributed by atoms with E-state index in [0.717, 1.165) is 31.4 Å². The second-order valence-corrected chi connectivity index (χ2v) is 4.74. The minimum atomic E-state index is -2.82. The first kappa shape index (κ1) is 14.7. The summed E-state index contributed by atoms with van der Waals surface area (Å²) >= 11 is 0. The minimum Gasteiger partial charge on any atom is -0.435 e. The van der Waals surface area contributed by atoms with Crippen molar-refractivity contribution in [3.8, 4) is 5.75 Å². The number of alkyl halides is 2. The molecule has 0 aliphatic carbocycles. The van der Waals surface area contributed by atoms with Gasteiger partial charge in [0.15, 0.2) is 0 Å². The maximum atomic E-state index is 12.0. The van der Waals surface area contributed by atoms with E-state index in [1.54, 1.807) is 12.1 Å². The van der Waals surface area contributed by atoms with E-state index in [9.17, 15) is 13.6 Å². The van der Waals surface area contributed by atoms with Crippen molar-refractivity contribution in [2.75, 3.05) is 6.54 Å². The summed E-state index contributed by atoms with van der Waals surface area (Å²) in [5.74, 6) is 0.0987. The van der Waals surface area contributed by atoms with E-state index in [1.165, 1.54) is 12.1 Å². The minimum absolute atomic E-state index is 0.0161. The molecular weight excluding hydrogens is 266 g/mol. The predicted octanol–water partition coefficient (Wildman–Crippen LogP) is 2.05. The Morgan fingerprint density at radius 3 is 2.70 bits per heavy atom. The number of carbonyl (C=O) groups is 1. The van der Waals surface area contributed by atoms with E-state index in [2.05, 4.69) is 15.4 Å². The van der Waals surface area contributed by atoms with Crippen LogP contribution < -0.4 is 15.4 Å². The van der Waals surface area contributed by atoms with Gasteiger partial charge in [-0.15, -0.1) is 0 Å². The second kappa shape index (κ2) is 7.19. The molecule has 6 heteroatoms. The normalized spacial score (nSPS) is 18.9. The van der Waals surface area contributed by atoms with E-state index >= 15 is 0 Å². The zero-order valence-electron chi connectivity index (χ0n) is 11.1. The average molecular weight is 284 g/mol. The van der Waals surface area contributed by atoms with Gasteiger partial charge in [-0.05, 0) is 37.1 Å². The van der Waals surface area contributed by atoms with Crippen molar-refractivity contribution in [1.82, 2.24) is 10.6 Å². The van der Waals surface area contributed by atoms with Gasteiger partial charge in [0, 0.05) is 6.54 Å². The van der Waals surface area contributed by atoms with Crippen LogP contribution in [0.3, 0.4) is 0 Å². The third-order valence-corrected chi connectivity index (χ3v) is 3.24. The molecule has 20 heavy (non-hydrogen) atoms. The van der Waals surface area contributed by atoms with Gasteiger partial charge in [0.25, 0.3) is 0 Å². The molecule has 0 bridgehead atoms. The number of benzene rings is 1. The number of ether oxygens (including phenoxy) is 1. The van der Waals surface area contributed by atoms with Crippen LogP contribution in [0, 0.1) is 0 Å². The lowest BCUT2D eigenvalue weighted by Crippen LogP contribution is -2.46. The first-order chi connectivity index (χ1) is 9.65. The molecule has 1 aromatic rings. The number of nitrogens with one attached hydrogen (secondary N) is 2. The second-order valence-electron chi connectivity index (χ2n) is 4.74. The summed E-state index contributed by atoms with van der Waals surface area (Å²) in [6.07, 6.45) is 3.02. The van der Waals surface area contributed by atoms with Gasteiger partial charge in [-0.2, -0.15) is 8.78 Å². The summed E-state index contributed by atoms with van der Waals surface area (Å²) in [5, 5.41) is 6.01. The number of piperidine rings is 1. The Hall–Kier alpha value is -1.69. The van der Waals surface area contributed by atoms with Gasteiger partial charge in [-0.1, -0.05) is 18.6 Å². The molecule has 2 rings (SSSR count). The van der Waals surface area contributed by atoms with Gasteiger partial charge >= 0.3 is 6.61 Å². The molecule has 1 aromatic carbocycles. The van der Waals surface area contributed by atoms with Crippen molar-refractivity contribution in [2.24, 2.45) is 0 Å². The summed E-state index contributed by atoms with van der Waals surface area (Å²) in [6, 6.07) is 6.13. The van der Waals surface area contributed by atoms with Gasteiger partial charge in [0.2, 0.25) is 5.91 Å². The molecule has 2 N–H and O–H groups in total. The van der Waals surface area contributed by atoms with Gasteiger partial charge in [-0.3, -0.25) is 4.79 Å². The van der Waals surface area contributed by atoms with E-state index in [1.807, 2.05) is 0 Å². The monoisotopic (exact) mass is 284 g/mol. The largest absolute Gasteiger partial charge is 0.435 e. The molecular formula is C14H18F2N2O2. The molecule has 1 saturated heterocycles. The highest BCUT2D eigenvalue weighted by atomic mass is 19.3. The lowest BCUT2D eigenvalue weighted by Gasteiger charge is -2.22. The van der Waals surface area contributed by atoms with Gasteiger partial charge in [-0.25, -0.2) is 0 Å². The Kier molecular flexibility index (Phi) is 5.29. The van der Waals surface area contributed by atoms with Gasteiger partial charge in [0.05, 0.1) is 6.04 Å². The topological polar surface area (TPSA) is 50.4 Å². The van der Waals surface area contributed by atoms with Crippen LogP contribution in [0.5, 0.6) is 5.75 Å². The smallest absolute Gasteiger partial charge is 0.387 e. The SMILES string of the molecule is O=C(NCc1ccc(OC(F)F)cc1)C1CCCCN1. The van der Waals surface area contributed by atoms with E-state index in [0.29, 0.717) is 6.54 Å². The molecule has 0 spiro atoms. The third kappa shape index (κ3) is 4.45. The molecule has 110 valence electrons. The van der Waals surface area contributed by atoms with Crippen LogP contribution >= 0.6 is 0 Å². The number of amides is 1. The van der Waals surface area contributed by atoms with E-state index in [4.69, 9.17) is 0 Å². The van der Waals surface area contributed by atoms with Crippen molar-refractivity contribution in [3.05, 3.63) is 29.8 Å². The zero-order chi connectivity index (χ0) is 14.4. The fourth-order valence-corrected chi connectivity index (χ4v) is 2.18. The highest BCUT2D eigenvalue weighted by molar-refractivity contribution is 5.81. The number of hydrogen-bond donors (Lipinski definition) is 2. The van der Waals surface area contributed by atoms with Crippen LogP contribution in [-0.4, -0.2) is 25.1 Å². The molecule has 1 heterocycles. The van der Waals surface area contributed by atoms with Crippen molar-refractivity contribution >= 4 is 5.91 Å². The Bertz CT molecular complexity index is 431. The molecule has 1 fully saturated rings. The number of hydrogen-bond acceptors (Lipinski definition) is 3. The fourth-order valence-electron chi connectivity index (χ4n) is 2.18. The summed E-state index contributed by atoms with van der Waals surface area (Å²) in [7, 11) is 0. The van der Waals surface area contributed by atoms with Crippen LogP contribution in [-0.2, 0) is 11.3 Å². The van der Waals surface area contributed by atoms with Crippen molar-refractivity contribution in [3.63, 3.8) is 0 Å².